The average molecular weight is 692 g/mol. The molecule has 0 aromatic rings. The highest BCUT2D eigenvalue weighted by Gasteiger charge is 2.04. The van der Waals surface area contributed by atoms with Gasteiger partial charge in [-0.2, -0.15) is 0 Å². The summed E-state index contributed by atoms with van der Waals surface area (Å²) in [6, 6.07) is 0. The lowest BCUT2D eigenvalue weighted by Crippen LogP contribution is -3.00. The maximum absolute atomic E-state index is 2.58. The van der Waals surface area contributed by atoms with E-state index < -0.39 is 0 Å². The van der Waals surface area contributed by atoms with Crippen molar-refractivity contribution in [3.8, 4) is 0 Å². The Bertz CT molecular complexity index is 467. The Labute approximate surface area is 306 Å². The Morgan fingerprint density at radius 1 is 0.298 bits per heavy atom. The molecule has 0 amide bonds. The van der Waals surface area contributed by atoms with Gasteiger partial charge in [0.1, 0.15) is 0 Å². The highest BCUT2D eigenvalue weighted by molar-refractivity contribution is 4.51. The molecule has 3 N–H and O–H groups in total. The minimum Gasteiger partial charge on any atom is -1.00 e. The lowest BCUT2D eigenvalue weighted by molar-refractivity contribution is -0.870. The number of nitrogens with zero attached hydrogens (tertiary/aromatic N) is 1. The molecule has 0 fully saturated rings. The molecule has 0 aromatic carbocycles. The zero-order chi connectivity index (χ0) is 33.4. The number of hydrogen-bond donors (Lipinski definition) is 1. The minimum atomic E-state index is 0. The molecule has 0 radical (unpaired) electrons. The number of quaternary nitrogens is 2. The van der Waals surface area contributed by atoms with Gasteiger partial charge in [-0.25, -0.2) is 0 Å². The Hall–Kier alpha value is 0.170. The third-order valence-corrected chi connectivity index (χ3v) is 9.71. The topological polar surface area (TPSA) is 46.6 Å². The van der Waals surface area contributed by atoms with Crippen LogP contribution in [0.25, 0.3) is 0 Å². The van der Waals surface area contributed by atoms with Gasteiger partial charge in [0.15, 0.2) is 0 Å². The number of halogens is 1. The predicted octanol–water partition coefficient (Wildman–Crippen LogP) is 10.4. The molecule has 0 rings (SSSR count). The zero-order valence-corrected chi connectivity index (χ0v) is 34.8. The van der Waals surface area contributed by atoms with E-state index in [0.29, 0.717) is 0 Å². The smallest absolute Gasteiger partial charge is 0.0780 e. The SMILES string of the molecule is CCCCCCCCCCCCCCCC[NH2+]CCCCCCCCCCCCCCCC.CCCCCCCC[N+](C)(C)C.[Cl-].[OH-]. The van der Waals surface area contributed by atoms with Crippen molar-refractivity contribution in [1.82, 2.24) is 0 Å². The molecule has 290 valence electrons. The van der Waals surface area contributed by atoms with Gasteiger partial charge in [-0.3, -0.25) is 0 Å². The van der Waals surface area contributed by atoms with Gasteiger partial charge >= 0.3 is 0 Å². The number of unbranched alkanes of at least 4 members (excludes halogenated alkanes) is 31. The largest absolute Gasteiger partial charge is 1.00 e. The van der Waals surface area contributed by atoms with Gasteiger partial charge in [-0.1, -0.05) is 201 Å². The summed E-state index contributed by atoms with van der Waals surface area (Å²) in [5, 5.41) is 2.58. The molecule has 0 saturated heterocycles. The summed E-state index contributed by atoms with van der Waals surface area (Å²) in [7, 11) is 6.81. The Morgan fingerprint density at radius 3 is 0.702 bits per heavy atom. The van der Waals surface area contributed by atoms with Crippen LogP contribution in [0.4, 0.5) is 0 Å². The molecule has 4 heteroatoms. The van der Waals surface area contributed by atoms with Crippen LogP contribution in [0, 0.1) is 0 Å². The van der Waals surface area contributed by atoms with Crippen molar-refractivity contribution in [1.29, 1.82) is 0 Å². The lowest BCUT2D eigenvalue weighted by Gasteiger charge is -2.23. The molecule has 0 aromatic heterocycles. The third-order valence-electron chi connectivity index (χ3n) is 9.71. The Balaban J connectivity index is -0.000000559. The van der Waals surface area contributed by atoms with Crippen LogP contribution in [-0.4, -0.2) is 50.7 Å². The molecular formula is C43H95ClN2O. The summed E-state index contributed by atoms with van der Waals surface area (Å²) >= 11 is 0. The van der Waals surface area contributed by atoms with Gasteiger partial charge in [0.05, 0.1) is 40.8 Å². The zero-order valence-electron chi connectivity index (χ0n) is 34.0. The molecule has 0 aliphatic carbocycles. The Kier molecular flexibility index (Phi) is 55.4. The van der Waals surface area contributed by atoms with Crippen molar-refractivity contribution in [3.05, 3.63) is 0 Å². The molecule has 0 atom stereocenters. The quantitative estimate of drug-likeness (QED) is 0.0512. The second-order valence-corrected chi connectivity index (χ2v) is 15.8. The highest BCUT2D eigenvalue weighted by Crippen LogP contribution is 2.14. The van der Waals surface area contributed by atoms with Crippen molar-refractivity contribution in [2.45, 2.75) is 239 Å². The molecule has 0 heterocycles. The summed E-state index contributed by atoms with van der Waals surface area (Å²) in [4.78, 5) is 0. The highest BCUT2D eigenvalue weighted by atomic mass is 35.5. The van der Waals surface area contributed by atoms with E-state index in [-0.39, 0.29) is 17.9 Å². The van der Waals surface area contributed by atoms with E-state index in [2.05, 4.69) is 47.2 Å². The monoisotopic (exact) mass is 691 g/mol. The fraction of sp³-hybridized carbons (Fsp3) is 1.00. The summed E-state index contributed by atoms with van der Waals surface area (Å²) in [5.41, 5.74) is 0. The van der Waals surface area contributed by atoms with Crippen LogP contribution in [0.5, 0.6) is 0 Å². The second-order valence-electron chi connectivity index (χ2n) is 15.8. The number of hydrogen-bond acceptors (Lipinski definition) is 1. The molecule has 0 unspecified atom stereocenters. The van der Waals surface area contributed by atoms with Gasteiger partial charge in [-0.05, 0) is 38.5 Å². The first kappa shape index (κ1) is 54.0. The average Bonchev–Trinajstić information content (AvgIpc) is 3.02. The van der Waals surface area contributed by atoms with Crippen molar-refractivity contribution in [2.75, 3.05) is 40.8 Å². The van der Waals surface area contributed by atoms with Gasteiger partial charge in [0.25, 0.3) is 0 Å². The van der Waals surface area contributed by atoms with E-state index in [9.17, 15) is 0 Å². The summed E-state index contributed by atoms with van der Waals surface area (Å²) < 4.78 is 1.12. The van der Waals surface area contributed by atoms with Crippen LogP contribution in [0.15, 0.2) is 0 Å². The van der Waals surface area contributed by atoms with E-state index in [1.807, 2.05) is 0 Å². The van der Waals surface area contributed by atoms with Gasteiger partial charge in [0, 0.05) is 0 Å². The molecule has 47 heavy (non-hydrogen) atoms. The van der Waals surface area contributed by atoms with E-state index in [4.69, 9.17) is 0 Å². The summed E-state index contributed by atoms with van der Waals surface area (Å²) in [6.07, 6.45) is 49.5. The Morgan fingerprint density at radius 2 is 0.489 bits per heavy atom. The summed E-state index contributed by atoms with van der Waals surface area (Å²) in [6.45, 7) is 10.9. The fourth-order valence-electron chi connectivity index (χ4n) is 6.48. The molecule has 0 aliphatic heterocycles. The van der Waals surface area contributed by atoms with Gasteiger partial charge < -0.3 is 27.7 Å². The number of rotatable bonds is 37. The van der Waals surface area contributed by atoms with E-state index >= 15 is 0 Å². The standard InChI is InChI=1S/C32H67N.C11H26N.ClH.H2O/c1-3-5-7-9-11-13-15-17-19-21-23-25-27-29-31-33-32-30-28-26-24-22-20-18-16-14-12-10-8-6-4-2;1-5-6-7-8-9-10-11-12(2,3)4;;/h33H,3-32H2,1-2H3;5-11H2,1-4H3;1H;1H2/q;+1;;/p-1. The van der Waals surface area contributed by atoms with E-state index in [0.717, 1.165) is 4.48 Å². The molecule has 0 aliphatic rings. The molecule has 3 nitrogen and oxygen atoms in total. The van der Waals surface area contributed by atoms with Crippen LogP contribution in [0.3, 0.4) is 0 Å². The van der Waals surface area contributed by atoms with E-state index in [1.165, 1.54) is 238 Å². The van der Waals surface area contributed by atoms with Crippen molar-refractivity contribution < 1.29 is 27.7 Å². The van der Waals surface area contributed by atoms with Crippen LogP contribution >= 0.6 is 0 Å². The van der Waals surface area contributed by atoms with Crippen LogP contribution in [0.1, 0.15) is 239 Å². The molecule has 0 bridgehead atoms. The first-order chi connectivity index (χ1) is 22.0. The van der Waals surface area contributed by atoms with Crippen LogP contribution < -0.4 is 17.7 Å². The van der Waals surface area contributed by atoms with Crippen molar-refractivity contribution >= 4 is 0 Å². The van der Waals surface area contributed by atoms with Crippen LogP contribution in [0.2, 0.25) is 0 Å². The van der Waals surface area contributed by atoms with E-state index in [1.54, 1.807) is 0 Å². The molecular weight excluding hydrogens is 596 g/mol. The summed E-state index contributed by atoms with van der Waals surface area (Å²) in [5.74, 6) is 0. The number of nitrogens with two attached hydrogens (primary N) is 1. The normalized spacial score (nSPS) is 11.1. The molecule has 0 saturated carbocycles. The predicted molar refractivity (Wildman–Crippen MR) is 210 cm³/mol. The van der Waals surface area contributed by atoms with Crippen molar-refractivity contribution in [2.24, 2.45) is 0 Å². The third kappa shape index (κ3) is 58.7. The van der Waals surface area contributed by atoms with Gasteiger partial charge in [0.2, 0.25) is 0 Å². The minimum absolute atomic E-state index is 0. The van der Waals surface area contributed by atoms with Gasteiger partial charge in [-0.15, -0.1) is 0 Å². The maximum atomic E-state index is 2.58. The lowest BCUT2D eigenvalue weighted by atomic mass is 10.0. The first-order valence-electron chi connectivity index (χ1n) is 21.6. The fourth-order valence-corrected chi connectivity index (χ4v) is 6.48. The maximum Gasteiger partial charge on any atom is 0.0780 e. The molecule has 0 spiro atoms. The first-order valence-corrected chi connectivity index (χ1v) is 21.6. The van der Waals surface area contributed by atoms with Crippen LogP contribution in [-0.2, 0) is 0 Å². The van der Waals surface area contributed by atoms with Crippen molar-refractivity contribution in [3.63, 3.8) is 0 Å². The second kappa shape index (κ2) is 48.3.